The van der Waals surface area contributed by atoms with Crippen molar-refractivity contribution in [3.63, 3.8) is 0 Å². The summed E-state index contributed by atoms with van der Waals surface area (Å²) in [5.74, 6) is 1.06. The Morgan fingerprint density at radius 2 is 2.20 bits per heavy atom. The van der Waals surface area contributed by atoms with Crippen molar-refractivity contribution in [3.05, 3.63) is 34.5 Å². The van der Waals surface area contributed by atoms with E-state index in [1.165, 1.54) is 12.6 Å². The van der Waals surface area contributed by atoms with Gasteiger partial charge in [0.2, 0.25) is 6.39 Å². The molecule has 2 aromatic heterocycles. The second kappa shape index (κ2) is 4.46. The average molecular weight is 245 g/mol. The predicted molar refractivity (Wildman–Crippen MR) is 55.9 cm³/mol. The standard InChI is InChI=1S/C8H6Cl2N4O/c9-5-1-6(10)8(11-2-5)12-3-7-13-4-15-14-7/h1-2,4H,3H2,(H,11,12). The quantitative estimate of drug-likeness (QED) is 0.899. The van der Waals surface area contributed by atoms with Crippen LogP contribution in [-0.4, -0.2) is 15.1 Å². The van der Waals surface area contributed by atoms with E-state index < -0.39 is 0 Å². The summed E-state index contributed by atoms with van der Waals surface area (Å²) in [5, 5.41) is 7.53. The maximum Gasteiger partial charge on any atom is 0.213 e. The molecular weight excluding hydrogens is 239 g/mol. The molecule has 0 radical (unpaired) electrons. The molecule has 7 heteroatoms. The van der Waals surface area contributed by atoms with Gasteiger partial charge < -0.3 is 9.84 Å². The highest BCUT2D eigenvalue weighted by Gasteiger charge is 2.04. The van der Waals surface area contributed by atoms with Crippen LogP contribution in [0.2, 0.25) is 10.0 Å². The van der Waals surface area contributed by atoms with Crippen molar-refractivity contribution in [2.45, 2.75) is 6.54 Å². The number of nitrogens with zero attached hydrogens (tertiary/aromatic N) is 3. The van der Waals surface area contributed by atoms with E-state index in [-0.39, 0.29) is 0 Å². The molecule has 0 bridgehead atoms. The largest absolute Gasteiger partial charge is 0.361 e. The minimum absolute atomic E-state index is 0.394. The number of nitrogens with one attached hydrogen (secondary N) is 1. The predicted octanol–water partition coefficient (Wildman–Crippen LogP) is 2.38. The van der Waals surface area contributed by atoms with E-state index in [0.717, 1.165) is 0 Å². The van der Waals surface area contributed by atoms with Crippen molar-refractivity contribution in [1.82, 2.24) is 15.1 Å². The van der Waals surface area contributed by atoms with Crippen molar-refractivity contribution >= 4 is 29.0 Å². The first kappa shape index (κ1) is 10.2. The lowest BCUT2D eigenvalue weighted by molar-refractivity contribution is 0.411. The molecular formula is C8H6Cl2N4O. The van der Waals surface area contributed by atoms with E-state index in [9.17, 15) is 0 Å². The normalized spacial score (nSPS) is 10.3. The van der Waals surface area contributed by atoms with E-state index in [4.69, 9.17) is 23.2 Å². The summed E-state index contributed by atoms with van der Waals surface area (Å²) in [4.78, 5) is 7.86. The molecule has 0 spiro atoms. The zero-order valence-electron chi connectivity index (χ0n) is 7.44. The minimum atomic E-state index is 0.394. The summed E-state index contributed by atoms with van der Waals surface area (Å²) in [5.41, 5.74) is 0. The Morgan fingerprint density at radius 1 is 1.33 bits per heavy atom. The molecule has 0 aliphatic carbocycles. The molecule has 0 aromatic carbocycles. The highest BCUT2D eigenvalue weighted by atomic mass is 35.5. The van der Waals surface area contributed by atoms with Crippen LogP contribution in [0.1, 0.15) is 5.82 Å². The fourth-order valence-electron chi connectivity index (χ4n) is 0.978. The van der Waals surface area contributed by atoms with Gasteiger partial charge in [0.05, 0.1) is 16.6 Å². The highest BCUT2D eigenvalue weighted by Crippen LogP contribution is 2.22. The van der Waals surface area contributed by atoms with Gasteiger partial charge in [-0.3, -0.25) is 0 Å². The van der Waals surface area contributed by atoms with Crippen LogP contribution in [0, 0.1) is 0 Å². The number of pyridine rings is 1. The third-order valence-corrected chi connectivity index (χ3v) is 2.12. The van der Waals surface area contributed by atoms with Gasteiger partial charge in [0.25, 0.3) is 0 Å². The molecule has 0 unspecified atom stereocenters. The van der Waals surface area contributed by atoms with Gasteiger partial charge >= 0.3 is 0 Å². The SMILES string of the molecule is Clc1cnc(NCc2ncon2)c(Cl)c1. The number of rotatable bonds is 3. The molecule has 0 fully saturated rings. The van der Waals surface area contributed by atoms with Crippen LogP contribution in [-0.2, 0) is 6.54 Å². The highest BCUT2D eigenvalue weighted by molar-refractivity contribution is 6.35. The van der Waals surface area contributed by atoms with Gasteiger partial charge in [0.15, 0.2) is 5.82 Å². The van der Waals surface area contributed by atoms with Gasteiger partial charge in [-0.05, 0) is 6.07 Å². The number of aromatic nitrogens is 3. The lowest BCUT2D eigenvalue weighted by Crippen LogP contribution is -2.03. The summed E-state index contributed by atoms with van der Waals surface area (Å²) in [7, 11) is 0. The molecule has 78 valence electrons. The molecule has 0 aliphatic rings. The molecule has 0 atom stereocenters. The molecule has 5 nitrogen and oxygen atoms in total. The van der Waals surface area contributed by atoms with Crippen molar-refractivity contribution in [3.8, 4) is 0 Å². The van der Waals surface area contributed by atoms with Gasteiger partial charge in [0.1, 0.15) is 5.82 Å². The summed E-state index contributed by atoms with van der Waals surface area (Å²) in [6.07, 6.45) is 2.76. The van der Waals surface area contributed by atoms with E-state index >= 15 is 0 Å². The van der Waals surface area contributed by atoms with Gasteiger partial charge in [-0.25, -0.2) is 4.98 Å². The van der Waals surface area contributed by atoms with E-state index in [2.05, 4.69) is 25.0 Å². The van der Waals surface area contributed by atoms with Crippen molar-refractivity contribution in [1.29, 1.82) is 0 Å². The topological polar surface area (TPSA) is 63.8 Å². The first-order valence-corrected chi connectivity index (χ1v) is 4.81. The summed E-state index contributed by atoms with van der Waals surface area (Å²) < 4.78 is 4.58. The van der Waals surface area contributed by atoms with Gasteiger partial charge in [-0.1, -0.05) is 28.4 Å². The van der Waals surface area contributed by atoms with Gasteiger partial charge in [-0.2, -0.15) is 4.98 Å². The van der Waals surface area contributed by atoms with Crippen molar-refractivity contribution in [2.24, 2.45) is 0 Å². The second-order valence-electron chi connectivity index (χ2n) is 2.68. The average Bonchev–Trinajstić information content (AvgIpc) is 2.69. The zero-order chi connectivity index (χ0) is 10.7. The molecule has 0 saturated carbocycles. The van der Waals surface area contributed by atoms with Gasteiger partial charge in [0, 0.05) is 6.20 Å². The third kappa shape index (κ3) is 2.57. The van der Waals surface area contributed by atoms with Crippen LogP contribution in [0.15, 0.2) is 23.2 Å². The number of halogens is 2. The molecule has 15 heavy (non-hydrogen) atoms. The summed E-state index contributed by atoms with van der Waals surface area (Å²) in [6.45, 7) is 0.394. The Hall–Kier alpha value is -1.33. The molecule has 0 aliphatic heterocycles. The Labute approximate surface area is 95.4 Å². The fourth-order valence-corrected chi connectivity index (χ4v) is 1.42. The van der Waals surface area contributed by atoms with Crippen LogP contribution in [0.5, 0.6) is 0 Å². The number of anilines is 1. The van der Waals surface area contributed by atoms with Crippen molar-refractivity contribution < 1.29 is 4.52 Å². The van der Waals surface area contributed by atoms with Crippen molar-refractivity contribution in [2.75, 3.05) is 5.32 Å². The molecule has 2 aromatic rings. The third-order valence-electron chi connectivity index (χ3n) is 1.63. The second-order valence-corrected chi connectivity index (χ2v) is 3.53. The number of hydrogen-bond donors (Lipinski definition) is 1. The van der Waals surface area contributed by atoms with Crippen LogP contribution in [0.3, 0.4) is 0 Å². The molecule has 2 rings (SSSR count). The van der Waals surface area contributed by atoms with E-state index in [1.807, 2.05) is 0 Å². The smallest absolute Gasteiger partial charge is 0.213 e. The van der Waals surface area contributed by atoms with Crippen LogP contribution in [0.4, 0.5) is 5.82 Å². The Morgan fingerprint density at radius 3 is 2.87 bits per heavy atom. The Balaban J connectivity index is 2.05. The lowest BCUT2D eigenvalue weighted by Gasteiger charge is -2.04. The first-order chi connectivity index (χ1) is 7.25. The van der Waals surface area contributed by atoms with Crippen LogP contribution < -0.4 is 5.32 Å². The Bertz CT molecular complexity index is 446. The monoisotopic (exact) mass is 244 g/mol. The zero-order valence-corrected chi connectivity index (χ0v) is 8.96. The Kier molecular flexibility index (Phi) is 3.03. The molecule has 0 saturated heterocycles. The molecule has 1 N–H and O–H groups in total. The first-order valence-electron chi connectivity index (χ1n) is 4.06. The summed E-state index contributed by atoms with van der Waals surface area (Å²) in [6, 6.07) is 1.61. The fraction of sp³-hybridized carbons (Fsp3) is 0.125. The van der Waals surface area contributed by atoms with Gasteiger partial charge in [-0.15, -0.1) is 0 Å². The van der Waals surface area contributed by atoms with E-state index in [0.29, 0.717) is 28.2 Å². The molecule has 0 amide bonds. The lowest BCUT2D eigenvalue weighted by atomic mass is 10.4. The minimum Gasteiger partial charge on any atom is -0.361 e. The molecule has 2 heterocycles. The van der Waals surface area contributed by atoms with Crippen LogP contribution >= 0.6 is 23.2 Å². The maximum atomic E-state index is 5.90. The summed E-state index contributed by atoms with van der Waals surface area (Å²) >= 11 is 11.6. The van der Waals surface area contributed by atoms with Crippen LogP contribution in [0.25, 0.3) is 0 Å². The van der Waals surface area contributed by atoms with E-state index in [1.54, 1.807) is 6.07 Å². The maximum absolute atomic E-state index is 5.90. The number of hydrogen-bond acceptors (Lipinski definition) is 5.